The molecule has 1 aromatic rings. The van der Waals surface area contributed by atoms with Crippen molar-refractivity contribution in [1.82, 2.24) is 15.1 Å². The molecule has 27 heavy (non-hydrogen) atoms. The second kappa shape index (κ2) is 7.95. The summed E-state index contributed by atoms with van der Waals surface area (Å²) in [5, 5.41) is 11.4. The van der Waals surface area contributed by atoms with E-state index in [2.05, 4.69) is 5.32 Å². The highest BCUT2D eigenvalue weighted by Crippen LogP contribution is 2.30. The molecule has 4 amide bonds. The molecule has 1 atom stereocenters. The Bertz CT molecular complexity index is 788. The number of hydrogen-bond donors (Lipinski definition) is 3. The van der Waals surface area contributed by atoms with Gasteiger partial charge >= 0.3 is 0 Å². The first-order valence-electron chi connectivity index (χ1n) is 8.84. The number of piperidine rings is 1. The standard InChI is InChI=1S/C18H22N4O5/c19-6-7-21(8-9-23)10-11-2-1-3-12-15(11)18(27)22(17(12)26)13-4-5-14(24)20-16(13)25/h1-3,13,23H,4-10,19H2,(H,20,24,25). The van der Waals surface area contributed by atoms with Crippen LogP contribution in [0.15, 0.2) is 18.2 Å². The minimum atomic E-state index is -0.986. The van der Waals surface area contributed by atoms with Gasteiger partial charge in [-0.15, -0.1) is 0 Å². The maximum Gasteiger partial charge on any atom is 0.262 e. The van der Waals surface area contributed by atoms with E-state index in [0.29, 0.717) is 31.7 Å². The summed E-state index contributed by atoms with van der Waals surface area (Å²) in [6, 6.07) is 4.01. The Balaban J connectivity index is 1.90. The maximum absolute atomic E-state index is 13.0. The number of carbonyl (C=O) groups excluding carboxylic acids is 4. The Morgan fingerprint density at radius 1 is 1.19 bits per heavy atom. The third-order valence-electron chi connectivity index (χ3n) is 4.81. The smallest absolute Gasteiger partial charge is 0.262 e. The van der Waals surface area contributed by atoms with Crippen LogP contribution in [-0.4, -0.2) is 70.8 Å². The molecule has 2 heterocycles. The van der Waals surface area contributed by atoms with Crippen LogP contribution in [0.1, 0.15) is 39.1 Å². The maximum atomic E-state index is 13.0. The van der Waals surface area contributed by atoms with Crippen molar-refractivity contribution in [1.29, 1.82) is 0 Å². The number of amides is 4. The first kappa shape index (κ1) is 19.2. The van der Waals surface area contributed by atoms with Crippen LogP contribution in [0.2, 0.25) is 0 Å². The molecule has 4 N–H and O–H groups in total. The number of nitrogens with two attached hydrogens (primary N) is 1. The first-order chi connectivity index (χ1) is 13.0. The zero-order chi connectivity index (χ0) is 19.6. The quantitative estimate of drug-likeness (QED) is 0.513. The molecule has 1 saturated heterocycles. The van der Waals surface area contributed by atoms with Crippen LogP contribution in [-0.2, 0) is 16.1 Å². The van der Waals surface area contributed by atoms with Crippen molar-refractivity contribution in [2.45, 2.75) is 25.4 Å². The minimum Gasteiger partial charge on any atom is -0.395 e. The number of carbonyl (C=O) groups is 4. The lowest BCUT2D eigenvalue weighted by Crippen LogP contribution is -2.54. The van der Waals surface area contributed by atoms with E-state index < -0.39 is 29.7 Å². The van der Waals surface area contributed by atoms with Crippen molar-refractivity contribution in [2.75, 3.05) is 26.2 Å². The van der Waals surface area contributed by atoms with E-state index in [9.17, 15) is 24.3 Å². The molecule has 9 nitrogen and oxygen atoms in total. The molecule has 1 aromatic carbocycles. The van der Waals surface area contributed by atoms with E-state index in [-0.39, 0.29) is 30.6 Å². The number of nitrogens with one attached hydrogen (secondary N) is 1. The van der Waals surface area contributed by atoms with Crippen LogP contribution in [0, 0.1) is 0 Å². The highest BCUT2D eigenvalue weighted by atomic mass is 16.3. The average molecular weight is 374 g/mol. The molecule has 144 valence electrons. The predicted octanol–water partition coefficient (Wildman–Crippen LogP) is -1.16. The average Bonchev–Trinajstić information content (AvgIpc) is 2.88. The number of nitrogens with zero attached hydrogens (tertiary/aromatic N) is 2. The fourth-order valence-electron chi connectivity index (χ4n) is 3.55. The van der Waals surface area contributed by atoms with Crippen LogP contribution in [0.3, 0.4) is 0 Å². The Labute approximate surface area is 156 Å². The molecule has 0 radical (unpaired) electrons. The lowest BCUT2D eigenvalue weighted by molar-refractivity contribution is -0.136. The second-order valence-corrected chi connectivity index (χ2v) is 6.58. The van der Waals surface area contributed by atoms with Gasteiger partial charge in [0, 0.05) is 32.6 Å². The molecule has 1 fully saturated rings. The SMILES string of the molecule is NCCN(CCO)Cc1cccc2c1C(=O)N(C1CCC(=O)NC1=O)C2=O. The van der Waals surface area contributed by atoms with Crippen LogP contribution in [0.5, 0.6) is 0 Å². The summed E-state index contributed by atoms with van der Waals surface area (Å²) >= 11 is 0. The van der Waals surface area contributed by atoms with Gasteiger partial charge in [0.1, 0.15) is 6.04 Å². The molecular weight excluding hydrogens is 352 g/mol. The van der Waals surface area contributed by atoms with E-state index in [4.69, 9.17) is 5.73 Å². The van der Waals surface area contributed by atoms with Crippen molar-refractivity contribution >= 4 is 23.6 Å². The van der Waals surface area contributed by atoms with Crippen molar-refractivity contribution < 1.29 is 24.3 Å². The Morgan fingerprint density at radius 3 is 2.63 bits per heavy atom. The summed E-state index contributed by atoms with van der Waals surface area (Å²) in [7, 11) is 0. The van der Waals surface area contributed by atoms with Gasteiger partial charge in [-0.2, -0.15) is 0 Å². The third kappa shape index (κ3) is 3.61. The zero-order valence-corrected chi connectivity index (χ0v) is 14.8. The van der Waals surface area contributed by atoms with E-state index >= 15 is 0 Å². The van der Waals surface area contributed by atoms with Gasteiger partial charge in [0.15, 0.2) is 0 Å². The van der Waals surface area contributed by atoms with Crippen molar-refractivity contribution in [2.24, 2.45) is 5.73 Å². The number of aliphatic hydroxyl groups is 1. The lowest BCUT2D eigenvalue weighted by Gasteiger charge is -2.28. The van der Waals surface area contributed by atoms with Gasteiger partial charge in [-0.3, -0.25) is 34.3 Å². The van der Waals surface area contributed by atoms with Gasteiger partial charge in [0.2, 0.25) is 11.8 Å². The predicted molar refractivity (Wildman–Crippen MR) is 94.5 cm³/mol. The van der Waals surface area contributed by atoms with Gasteiger partial charge in [0.05, 0.1) is 17.7 Å². The van der Waals surface area contributed by atoms with E-state index in [1.165, 1.54) is 0 Å². The number of benzene rings is 1. The summed E-state index contributed by atoms with van der Waals surface area (Å²) in [5.41, 5.74) is 6.76. The third-order valence-corrected chi connectivity index (χ3v) is 4.81. The molecule has 9 heteroatoms. The number of aliphatic hydroxyl groups excluding tert-OH is 1. The lowest BCUT2D eigenvalue weighted by atomic mass is 10.0. The van der Waals surface area contributed by atoms with Crippen LogP contribution >= 0.6 is 0 Å². The molecule has 1 unspecified atom stereocenters. The van der Waals surface area contributed by atoms with Crippen molar-refractivity contribution in [3.8, 4) is 0 Å². The fourth-order valence-corrected chi connectivity index (χ4v) is 3.55. The molecule has 0 saturated carbocycles. The largest absolute Gasteiger partial charge is 0.395 e. The summed E-state index contributed by atoms with van der Waals surface area (Å²) in [6.45, 7) is 1.61. The van der Waals surface area contributed by atoms with Gasteiger partial charge in [-0.1, -0.05) is 12.1 Å². The Hall–Kier alpha value is -2.62. The minimum absolute atomic E-state index is 0.0513. The summed E-state index contributed by atoms with van der Waals surface area (Å²) < 4.78 is 0. The van der Waals surface area contributed by atoms with Crippen LogP contribution < -0.4 is 11.1 Å². The topological polar surface area (TPSA) is 133 Å². The molecular formula is C18H22N4O5. The van der Waals surface area contributed by atoms with E-state index in [0.717, 1.165) is 4.90 Å². The Kier molecular flexibility index (Phi) is 5.64. The van der Waals surface area contributed by atoms with E-state index in [1.54, 1.807) is 18.2 Å². The summed E-state index contributed by atoms with van der Waals surface area (Å²) in [6.07, 6.45) is 0.201. The Morgan fingerprint density at radius 2 is 1.96 bits per heavy atom. The monoisotopic (exact) mass is 374 g/mol. The first-order valence-corrected chi connectivity index (χ1v) is 8.84. The number of rotatable bonds is 7. The number of imide groups is 2. The van der Waals surface area contributed by atoms with Crippen molar-refractivity contribution in [3.63, 3.8) is 0 Å². The van der Waals surface area contributed by atoms with Crippen LogP contribution in [0.25, 0.3) is 0 Å². The molecule has 2 aliphatic heterocycles. The number of fused-ring (bicyclic) bond motifs is 1. The molecule has 3 rings (SSSR count). The van der Waals surface area contributed by atoms with Gasteiger partial charge in [-0.05, 0) is 18.1 Å². The fraction of sp³-hybridized carbons (Fsp3) is 0.444. The molecule has 0 aromatic heterocycles. The molecule has 0 aliphatic carbocycles. The highest BCUT2D eigenvalue weighted by molar-refractivity contribution is 6.24. The van der Waals surface area contributed by atoms with Crippen LogP contribution in [0.4, 0.5) is 0 Å². The van der Waals surface area contributed by atoms with Gasteiger partial charge < -0.3 is 10.8 Å². The normalized spacial score (nSPS) is 19.7. The van der Waals surface area contributed by atoms with Crippen molar-refractivity contribution in [3.05, 3.63) is 34.9 Å². The molecule has 0 bridgehead atoms. The molecule has 0 spiro atoms. The zero-order valence-electron chi connectivity index (χ0n) is 14.8. The number of hydrogen-bond acceptors (Lipinski definition) is 7. The second-order valence-electron chi connectivity index (χ2n) is 6.58. The van der Waals surface area contributed by atoms with Gasteiger partial charge in [0.25, 0.3) is 11.8 Å². The van der Waals surface area contributed by atoms with E-state index in [1.807, 2.05) is 4.90 Å². The highest BCUT2D eigenvalue weighted by Gasteiger charge is 2.45. The molecule has 2 aliphatic rings. The summed E-state index contributed by atoms with van der Waals surface area (Å²) in [5.74, 6) is -2.10. The summed E-state index contributed by atoms with van der Waals surface area (Å²) in [4.78, 5) is 52.1. The van der Waals surface area contributed by atoms with Gasteiger partial charge in [-0.25, -0.2) is 0 Å².